The Balaban J connectivity index is 1.24. The number of thioether (sulfide) groups is 1. The number of rotatable bonds is 6. The number of thiophene rings is 1. The number of hydrogen-bond donors (Lipinski definition) is 0. The van der Waals surface area contributed by atoms with Gasteiger partial charge in [-0.05, 0) is 41.0 Å². The molecule has 0 aliphatic carbocycles. The highest BCUT2D eigenvalue weighted by Gasteiger charge is 2.19. The first-order valence-electron chi connectivity index (χ1n) is 10.6. The summed E-state index contributed by atoms with van der Waals surface area (Å²) in [7, 11) is 0. The van der Waals surface area contributed by atoms with Crippen molar-refractivity contribution in [3.8, 4) is 22.0 Å². The van der Waals surface area contributed by atoms with Crippen LogP contribution in [0.1, 0.15) is 23.7 Å². The third kappa shape index (κ3) is 4.71. The van der Waals surface area contributed by atoms with Gasteiger partial charge < -0.3 is 0 Å². The Morgan fingerprint density at radius 1 is 1.03 bits per heavy atom. The summed E-state index contributed by atoms with van der Waals surface area (Å²) in [6, 6.07) is 17.1. The fourth-order valence-corrected chi connectivity index (χ4v) is 5.20. The van der Waals surface area contributed by atoms with E-state index in [1.165, 1.54) is 21.7 Å². The quantitative estimate of drug-likeness (QED) is 0.344. The van der Waals surface area contributed by atoms with Crippen LogP contribution in [0.3, 0.4) is 0 Å². The van der Waals surface area contributed by atoms with Crippen LogP contribution in [0.15, 0.2) is 71.2 Å². The summed E-state index contributed by atoms with van der Waals surface area (Å²) in [4.78, 5) is 19.0. The molecule has 4 heterocycles. The Labute approximate surface area is 191 Å². The Morgan fingerprint density at radius 3 is 2.68 bits per heavy atom. The summed E-state index contributed by atoms with van der Waals surface area (Å²) >= 11 is 3.55. The fourth-order valence-electron chi connectivity index (χ4n) is 3.87. The lowest BCUT2D eigenvalue weighted by Gasteiger charge is -2.28. The third-order valence-electron chi connectivity index (χ3n) is 5.45. The lowest BCUT2D eigenvalue weighted by molar-refractivity contribution is 0.242. The van der Waals surface area contributed by atoms with Crippen molar-refractivity contribution >= 4 is 23.1 Å². The summed E-state index contributed by atoms with van der Waals surface area (Å²) in [6.07, 6.45) is 4.98. The monoisotopic (exact) mass is 444 g/mol. The molecule has 4 aromatic rings. The zero-order valence-corrected chi connectivity index (χ0v) is 19.1. The highest BCUT2D eigenvalue weighted by molar-refractivity contribution is 7.99. The van der Waals surface area contributed by atoms with E-state index in [0.29, 0.717) is 0 Å². The summed E-state index contributed by atoms with van der Waals surface area (Å²) < 4.78 is 0. The molecular weight excluding hydrogens is 420 g/mol. The largest absolute Gasteiger partial charge is 0.294 e. The standard InChI is InChI=1S/C25H24N4S2/c1-2-30-21-8-6-19(7-9-21)22-10-5-18(14-26-22)16-29-12-11-23-20(17-29)15-27-25(28-23)24-4-3-13-31-24/h3-10,13-15H,2,11-12,16-17H2,1H3. The van der Waals surface area contributed by atoms with E-state index in [2.05, 4.69) is 64.7 Å². The highest BCUT2D eigenvalue weighted by atomic mass is 32.2. The molecule has 5 rings (SSSR count). The van der Waals surface area contributed by atoms with Gasteiger partial charge in [-0.1, -0.05) is 31.2 Å². The van der Waals surface area contributed by atoms with Gasteiger partial charge in [0.05, 0.1) is 16.3 Å². The molecule has 4 nitrogen and oxygen atoms in total. The van der Waals surface area contributed by atoms with Gasteiger partial charge in [-0.3, -0.25) is 9.88 Å². The van der Waals surface area contributed by atoms with E-state index < -0.39 is 0 Å². The van der Waals surface area contributed by atoms with E-state index in [-0.39, 0.29) is 0 Å². The number of fused-ring (bicyclic) bond motifs is 1. The molecule has 3 aromatic heterocycles. The van der Waals surface area contributed by atoms with Crippen LogP contribution < -0.4 is 0 Å². The summed E-state index contributed by atoms with van der Waals surface area (Å²) in [5.74, 6) is 1.94. The van der Waals surface area contributed by atoms with Crippen molar-refractivity contribution in [3.05, 3.63) is 83.1 Å². The van der Waals surface area contributed by atoms with Crippen molar-refractivity contribution in [2.24, 2.45) is 0 Å². The van der Waals surface area contributed by atoms with Gasteiger partial charge in [0.25, 0.3) is 0 Å². The van der Waals surface area contributed by atoms with Crippen LogP contribution in [-0.4, -0.2) is 32.1 Å². The zero-order valence-electron chi connectivity index (χ0n) is 17.5. The molecule has 31 heavy (non-hydrogen) atoms. The predicted octanol–water partition coefficient (Wildman–Crippen LogP) is 5.94. The van der Waals surface area contributed by atoms with Crippen LogP contribution in [-0.2, 0) is 19.5 Å². The first-order chi connectivity index (χ1) is 15.3. The third-order valence-corrected chi connectivity index (χ3v) is 7.21. The zero-order chi connectivity index (χ0) is 21.0. The van der Waals surface area contributed by atoms with Gasteiger partial charge in [0.1, 0.15) is 0 Å². The van der Waals surface area contributed by atoms with Crippen molar-refractivity contribution in [1.29, 1.82) is 0 Å². The average molecular weight is 445 g/mol. The Bertz CT molecular complexity index is 1140. The van der Waals surface area contributed by atoms with E-state index in [4.69, 9.17) is 9.97 Å². The van der Waals surface area contributed by atoms with Crippen molar-refractivity contribution < 1.29 is 0 Å². The van der Waals surface area contributed by atoms with Gasteiger partial charge in [-0.2, -0.15) is 0 Å². The lowest BCUT2D eigenvalue weighted by atomic mass is 10.1. The smallest absolute Gasteiger partial charge is 0.169 e. The molecule has 156 valence electrons. The van der Waals surface area contributed by atoms with E-state index >= 15 is 0 Å². The topological polar surface area (TPSA) is 41.9 Å². The first-order valence-corrected chi connectivity index (χ1v) is 12.4. The van der Waals surface area contributed by atoms with E-state index in [9.17, 15) is 0 Å². The number of aromatic nitrogens is 3. The maximum atomic E-state index is 4.82. The van der Waals surface area contributed by atoms with E-state index in [1.54, 1.807) is 11.3 Å². The minimum absolute atomic E-state index is 0.850. The molecule has 0 unspecified atom stereocenters. The van der Waals surface area contributed by atoms with Crippen molar-refractivity contribution in [2.75, 3.05) is 12.3 Å². The van der Waals surface area contributed by atoms with E-state index in [0.717, 1.165) is 53.8 Å². The molecule has 0 atom stereocenters. The van der Waals surface area contributed by atoms with Crippen LogP contribution in [0.4, 0.5) is 0 Å². The number of nitrogens with zero attached hydrogens (tertiary/aromatic N) is 4. The Kier molecular flexibility index (Phi) is 6.11. The number of hydrogen-bond acceptors (Lipinski definition) is 6. The maximum absolute atomic E-state index is 4.82. The average Bonchev–Trinajstić information content (AvgIpc) is 3.35. The molecule has 0 saturated carbocycles. The van der Waals surface area contributed by atoms with Gasteiger partial charge in [0.2, 0.25) is 0 Å². The van der Waals surface area contributed by atoms with Gasteiger partial charge in [-0.25, -0.2) is 9.97 Å². The van der Waals surface area contributed by atoms with E-state index in [1.807, 2.05) is 30.2 Å². The molecule has 1 aliphatic heterocycles. The summed E-state index contributed by atoms with van der Waals surface area (Å²) in [5.41, 5.74) is 5.85. The molecule has 0 radical (unpaired) electrons. The number of benzene rings is 1. The van der Waals surface area contributed by atoms with Crippen LogP contribution in [0.2, 0.25) is 0 Å². The SMILES string of the molecule is CCSc1ccc(-c2ccc(CN3CCc4nc(-c5cccs5)ncc4C3)cn2)cc1. The Morgan fingerprint density at radius 2 is 1.94 bits per heavy atom. The molecule has 1 aromatic carbocycles. The molecular formula is C25H24N4S2. The number of pyridine rings is 1. The van der Waals surface area contributed by atoms with Crippen molar-refractivity contribution in [2.45, 2.75) is 31.3 Å². The molecule has 6 heteroatoms. The molecule has 1 aliphatic rings. The second-order valence-electron chi connectivity index (χ2n) is 7.61. The molecule has 0 amide bonds. The van der Waals surface area contributed by atoms with Gasteiger partial charge >= 0.3 is 0 Å². The van der Waals surface area contributed by atoms with Crippen LogP contribution >= 0.6 is 23.1 Å². The first kappa shape index (κ1) is 20.4. The second-order valence-corrected chi connectivity index (χ2v) is 9.90. The van der Waals surface area contributed by atoms with Gasteiger partial charge in [0, 0.05) is 54.5 Å². The second kappa shape index (κ2) is 9.30. The molecule has 0 saturated heterocycles. The molecule has 0 fully saturated rings. The lowest BCUT2D eigenvalue weighted by Crippen LogP contribution is -2.31. The summed E-state index contributed by atoms with van der Waals surface area (Å²) in [5, 5.41) is 2.07. The summed E-state index contributed by atoms with van der Waals surface area (Å²) in [6.45, 7) is 4.96. The predicted molar refractivity (Wildman–Crippen MR) is 129 cm³/mol. The molecule has 0 bridgehead atoms. The maximum Gasteiger partial charge on any atom is 0.169 e. The van der Waals surface area contributed by atoms with Crippen molar-refractivity contribution in [1.82, 2.24) is 19.9 Å². The van der Waals surface area contributed by atoms with Crippen LogP contribution in [0.25, 0.3) is 22.0 Å². The fraction of sp³-hybridized carbons (Fsp3) is 0.240. The highest BCUT2D eigenvalue weighted by Crippen LogP contribution is 2.26. The normalized spacial score (nSPS) is 13.8. The van der Waals surface area contributed by atoms with Crippen LogP contribution in [0, 0.1) is 0 Å². The van der Waals surface area contributed by atoms with Gasteiger partial charge in [-0.15, -0.1) is 23.1 Å². The van der Waals surface area contributed by atoms with Gasteiger partial charge in [0.15, 0.2) is 5.82 Å². The van der Waals surface area contributed by atoms with Crippen molar-refractivity contribution in [3.63, 3.8) is 0 Å². The van der Waals surface area contributed by atoms with Crippen LogP contribution in [0.5, 0.6) is 0 Å². The molecule has 0 N–H and O–H groups in total. The Hall–Kier alpha value is -2.54. The molecule has 0 spiro atoms. The minimum atomic E-state index is 0.850. The minimum Gasteiger partial charge on any atom is -0.294 e.